The quantitative estimate of drug-likeness (QED) is 0.821. The fourth-order valence-electron chi connectivity index (χ4n) is 1.42. The monoisotopic (exact) mass is 234 g/mol. The molecule has 94 valence electrons. The maximum Gasteiger partial charge on any atom is 0.225 e. The van der Waals surface area contributed by atoms with Crippen LogP contribution in [0.25, 0.3) is 0 Å². The molecule has 0 aliphatic heterocycles. The van der Waals surface area contributed by atoms with Crippen LogP contribution in [0.4, 0.5) is 0 Å². The zero-order valence-electron chi connectivity index (χ0n) is 10.9. The highest BCUT2D eigenvalue weighted by Gasteiger charge is 2.25. The molecule has 1 rings (SSSR count). The minimum Gasteiger partial charge on any atom is -0.354 e. The Hall–Kier alpha value is -1.35. The van der Waals surface area contributed by atoms with E-state index in [0.29, 0.717) is 6.54 Å². The normalized spacial score (nSPS) is 13.2. The average Bonchev–Trinajstić information content (AvgIpc) is 2.36. The van der Waals surface area contributed by atoms with Crippen molar-refractivity contribution in [2.24, 2.45) is 11.1 Å². The maximum atomic E-state index is 11.9. The number of carbonyl (C=O) groups excluding carboxylic acids is 1. The molecule has 0 radical (unpaired) electrons. The van der Waals surface area contributed by atoms with E-state index in [-0.39, 0.29) is 17.4 Å². The smallest absolute Gasteiger partial charge is 0.225 e. The number of benzene rings is 1. The van der Waals surface area contributed by atoms with E-state index in [2.05, 4.69) is 5.32 Å². The van der Waals surface area contributed by atoms with Gasteiger partial charge in [-0.05, 0) is 12.0 Å². The van der Waals surface area contributed by atoms with Gasteiger partial charge in [-0.25, -0.2) is 0 Å². The van der Waals surface area contributed by atoms with E-state index in [0.717, 1.165) is 12.0 Å². The zero-order valence-corrected chi connectivity index (χ0v) is 10.9. The third kappa shape index (κ3) is 3.86. The van der Waals surface area contributed by atoms with Gasteiger partial charge in [0.25, 0.3) is 0 Å². The van der Waals surface area contributed by atoms with Gasteiger partial charge in [0.15, 0.2) is 0 Å². The molecular formula is C14H22N2O. The standard InChI is InChI=1S/C14H22N2O/c1-4-14(2,3)13(17)16-10-12(15)11-8-6-5-7-9-11/h5-9,12H,4,10,15H2,1-3H3,(H,16,17). The SMILES string of the molecule is CCC(C)(C)C(=O)NCC(N)c1ccccc1. The van der Waals surface area contributed by atoms with Crippen LogP contribution in [0.1, 0.15) is 38.8 Å². The number of nitrogens with one attached hydrogen (secondary N) is 1. The largest absolute Gasteiger partial charge is 0.354 e. The van der Waals surface area contributed by atoms with Crippen molar-refractivity contribution in [3.05, 3.63) is 35.9 Å². The minimum atomic E-state index is -0.323. The first-order valence-corrected chi connectivity index (χ1v) is 6.06. The fourth-order valence-corrected chi connectivity index (χ4v) is 1.42. The first-order chi connectivity index (χ1) is 7.97. The lowest BCUT2D eigenvalue weighted by atomic mass is 9.89. The summed E-state index contributed by atoms with van der Waals surface area (Å²) < 4.78 is 0. The Labute approximate surface area is 103 Å². The number of nitrogens with two attached hydrogens (primary N) is 1. The highest BCUT2D eigenvalue weighted by atomic mass is 16.2. The highest BCUT2D eigenvalue weighted by molar-refractivity contribution is 5.81. The van der Waals surface area contributed by atoms with Crippen molar-refractivity contribution in [3.8, 4) is 0 Å². The molecule has 1 unspecified atom stereocenters. The summed E-state index contributed by atoms with van der Waals surface area (Å²) in [4.78, 5) is 11.9. The summed E-state index contributed by atoms with van der Waals surface area (Å²) in [6.45, 7) is 6.37. The molecular weight excluding hydrogens is 212 g/mol. The van der Waals surface area contributed by atoms with E-state index in [1.807, 2.05) is 51.1 Å². The molecule has 0 aromatic heterocycles. The van der Waals surface area contributed by atoms with Crippen LogP contribution < -0.4 is 11.1 Å². The van der Waals surface area contributed by atoms with Gasteiger partial charge in [0.05, 0.1) is 0 Å². The topological polar surface area (TPSA) is 55.1 Å². The molecule has 1 amide bonds. The van der Waals surface area contributed by atoms with Crippen molar-refractivity contribution < 1.29 is 4.79 Å². The molecule has 1 atom stereocenters. The molecule has 0 aliphatic rings. The van der Waals surface area contributed by atoms with Crippen LogP contribution >= 0.6 is 0 Å². The Morgan fingerprint density at radius 1 is 1.35 bits per heavy atom. The lowest BCUT2D eigenvalue weighted by Gasteiger charge is -2.23. The Morgan fingerprint density at radius 3 is 2.47 bits per heavy atom. The van der Waals surface area contributed by atoms with Crippen molar-refractivity contribution in [2.45, 2.75) is 33.2 Å². The van der Waals surface area contributed by atoms with Gasteiger partial charge in [0, 0.05) is 18.0 Å². The summed E-state index contributed by atoms with van der Waals surface area (Å²) >= 11 is 0. The van der Waals surface area contributed by atoms with Gasteiger partial charge < -0.3 is 11.1 Å². The number of carbonyl (C=O) groups is 1. The molecule has 0 bridgehead atoms. The Morgan fingerprint density at radius 2 is 1.94 bits per heavy atom. The Balaban J connectivity index is 2.49. The van der Waals surface area contributed by atoms with E-state index in [1.54, 1.807) is 0 Å². The third-order valence-electron chi connectivity index (χ3n) is 3.21. The Bertz CT molecular complexity index is 360. The summed E-state index contributed by atoms with van der Waals surface area (Å²) in [5.41, 5.74) is 6.73. The van der Waals surface area contributed by atoms with Crippen molar-refractivity contribution in [2.75, 3.05) is 6.54 Å². The van der Waals surface area contributed by atoms with E-state index in [4.69, 9.17) is 5.73 Å². The molecule has 0 saturated heterocycles. The molecule has 0 fully saturated rings. The van der Waals surface area contributed by atoms with Gasteiger partial charge in [0.2, 0.25) is 5.91 Å². The van der Waals surface area contributed by atoms with E-state index >= 15 is 0 Å². The average molecular weight is 234 g/mol. The second-order valence-corrected chi connectivity index (χ2v) is 4.96. The molecule has 3 heteroatoms. The van der Waals surface area contributed by atoms with E-state index < -0.39 is 0 Å². The van der Waals surface area contributed by atoms with Crippen LogP contribution in [0.5, 0.6) is 0 Å². The number of hydrogen-bond acceptors (Lipinski definition) is 2. The summed E-state index contributed by atoms with van der Waals surface area (Å²) in [7, 11) is 0. The number of rotatable bonds is 5. The van der Waals surface area contributed by atoms with Crippen LogP contribution in [-0.4, -0.2) is 12.5 Å². The number of amides is 1. The van der Waals surface area contributed by atoms with E-state index in [1.165, 1.54) is 0 Å². The lowest BCUT2D eigenvalue weighted by molar-refractivity contribution is -0.129. The van der Waals surface area contributed by atoms with Crippen LogP contribution in [0, 0.1) is 5.41 Å². The molecule has 0 saturated carbocycles. The van der Waals surface area contributed by atoms with Gasteiger partial charge in [-0.1, -0.05) is 51.1 Å². The van der Waals surface area contributed by atoms with Gasteiger partial charge >= 0.3 is 0 Å². The fraction of sp³-hybridized carbons (Fsp3) is 0.500. The molecule has 3 N–H and O–H groups in total. The van der Waals surface area contributed by atoms with E-state index in [9.17, 15) is 4.79 Å². The van der Waals surface area contributed by atoms with Crippen LogP contribution in [0.3, 0.4) is 0 Å². The van der Waals surface area contributed by atoms with Gasteiger partial charge in [0.1, 0.15) is 0 Å². The molecule has 0 aliphatic carbocycles. The van der Waals surface area contributed by atoms with Crippen molar-refractivity contribution >= 4 is 5.91 Å². The molecule has 1 aromatic carbocycles. The molecule has 1 aromatic rings. The first-order valence-electron chi connectivity index (χ1n) is 6.06. The van der Waals surface area contributed by atoms with Gasteiger partial charge in [-0.2, -0.15) is 0 Å². The zero-order chi connectivity index (χ0) is 12.9. The van der Waals surface area contributed by atoms with Gasteiger partial charge in [-0.3, -0.25) is 4.79 Å². The van der Waals surface area contributed by atoms with Gasteiger partial charge in [-0.15, -0.1) is 0 Å². The molecule has 3 nitrogen and oxygen atoms in total. The molecule has 0 spiro atoms. The predicted molar refractivity (Wildman–Crippen MR) is 70.5 cm³/mol. The second-order valence-electron chi connectivity index (χ2n) is 4.96. The molecule has 0 heterocycles. The third-order valence-corrected chi connectivity index (χ3v) is 3.21. The number of hydrogen-bond donors (Lipinski definition) is 2. The van der Waals surface area contributed by atoms with Crippen molar-refractivity contribution in [3.63, 3.8) is 0 Å². The molecule has 17 heavy (non-hydrogen) atoms. The highest BCUT2D eigenvalue weighted by Crippen LogP contribution is 2.19. The Kier molecular flexibility index (Phi) is 4.70. The summed E-state index contributed by atoms with van der Waals surface area (Å²) in [5, 5.41) is 2.91. The predicted octanol–water partition coefficient (Wildman–Crippen LogP) is 2.24. The minimum absolute atomic E-state index is 0.0615. The van der Waals surface area contributed by atoms with Crippen LogP contribution in [-0.2, 0) is 4.79 Å². The maximum absolute atomic E-state index is 11.9. The summed E-state index contributed by atoms with van der Waals surface area (Å²) in [6, 6.07) is 9.66. The van der Waals surface area contributed by atoms with Crippen LogP contribution in [0.2, 0.25) is 0 Å². The van der Waals surface area contributed by atoms with Crippen LogP contribution in [0.15, 0.2) is 30.3 Å². The first kappa shape index (κ1) is 13.7. The second kappa shape index (κ2) is 5.82. The van der Waals surface area contributed by atoms with Crippen molar-refractivity contribution in [1.29, 1.82) is 0 Å². The van der Waals surface area contributed by atoms with Crippen molar-refractivity contribution in [1.82, 2.24) is 5.32 Å². The lowest BCUT2D eigenvalue weighted by Crippen LogP contribution is -2.40. The summed E-state index contributed by atoms with van der Waals surface area (Å²) in [6.07, 6.45) is 0.819. The summed E-state index contributed by atoms with van der Waals surface area (Å²) in [5.74, 6) is 0.0615.